The number of carbonyl (C=O) groups is 1. The minimum atomic E-state index is -1.24. The van der Waals surface area contributed by atoms with Crippen LogP contribution in [0.4, 0.5) is 0 Å². The van der Waals surface area contributed by atoms with Crippen molar-refractivity contribution in [1.82, 2.24) is 4.57 Å². The summed E-state index contributed by atoms with van der Waals surface area (Å²) >= 11 is 6.26. The first kappa shape index (κ1) is 18.3. The Morgan fingerprint density at radius 3 is 2.85 bits per heavy atom. The average Bonchev–Trinajstić information content (AvgIpc) is 2.74. The van der Waals surface area contributed by atoms with Crippen molar-refractivity contribution in [3.05, 3.63) is 45.2 Å². The van der Waals surface area contributed by atoms with Gasteiger partial charge in [0.2, 0.25) is 0 Å². The second-order valence-corrected chi connectivity index (χ2v) is 6.67. The molecular formula is C19H20ClNO5. The van der Waals surface area contributed by atoms with Crippen LogP contribution in [0.2, 0.25) is 5.02 Å². The van der Waals surface area contributed by atoms with Gasteiger partial charge in [-0.1, -0.05) is 24.9 Å². The molecule has 0 saturated carbocycles. The van der Waals surface area contributed by atoms with Gasteiger partial charge in [-0.05, 0) is 18.9 Å². The fraction of sp³-hybridized carbons (Fsp3) is 0.368. The van der Waals surface area contributed by atoms with E-state index in [-0.39, 0.29) is 11.7 Å². The maximum Gasteiger partial charge on any atom is 0.341 e. The summed E-state index contributed by atoms with van der Waals surface area (Å²) in [4.78, 5) is 23.6. The summed E-state index contributed by atoms with van der Waals surface area (Å²) in [6.07, 6.45) is 4.05. The molecule has 0 saturated heterocycles. The van der Waals surface area contributed by atoms with E-state index in [9.17, 15) is 14.7 Å². The quantitative estimate of drug-likeness (QED) is 0.856. The summed E-state index contributed by atoms with van der Waals surface area (Å²) < 4.78 is 13.2. The first-order valence-corrected chi connectivity index (χ1v) is 8.84. The van der Waals surface area contributed by atoms with Crippen molar-refractivity contribution in [2.24, 2.45) is 0 Å². The van der Waals surface area contributed by atoms with Gasteiger partial charge in [-0.3, -0.25) is 4.79 Å². The SMILES string of the molecule is CCCCC1Cn2cc(C(=O)O)c(=O)cc2-c2cc(Cl)c(OC)cc2O1. The van der Waals surface area contributed by atoms with Crippen molar-refractivity contribution >= 4 is 17.6 Å². The Bertz CT molecular complexity index is 906. The number of hydrogen-bond acceptors (Lipinski definition) is 4. The normalized spacial score (nSPS) is 15.4. The second-order valence-electron chi connectivity index (χ2n) is 6.26. The van der Waals surface area contributed by atoms with Crippen LogP contribution in [-0.2, 0) is 6.54 Å². The molecule has 0 amide bonds. The van der Waals surface area contributed by atoms with Gasteiger partial charge >= 0.3 is 5.97 Å². The highest BCUT2D eigenvalue weighted by Crippen LogP contribution is 2.40. The molecular weight excluding hydrogens is 358 g/mol. The van der Waals surface area contributed by atoms with Crippen LogP contribution < -0.4 is 14.9 Å². The predicted molar refractivity (Wildman–Crippen MR) is 98.6 cm³/mol. The number of methoxy groups -OCH3 is 1. The molecule has 1 aliphatic heterocycles. The first-order chi connectivity index (χ1) is 12.4. The van der Waals surface area contributed by atoms with E-state index in [1.54, 1.807) is 16.7 Å². The van der Waals surface area contributed by atoms with Crippen LogP contribution in [0.3, 0.4) is 0 Å². The molecule has 7 heteroatoms. The Hall–Kier alpha value is -2.47. The van der Waals surface area contributed by atoms with E-state index in [2.05, 4.69) is 6.92 Å². The largest absolute Gasteiger partial charge is 0.495 e. The summed E-state index contributed by atoms with van der Waals surface area (Å²) in [5.41, 5.74) is 0.419. The second kappa shape index (κ2) is 7.41. The molecule has 0 fully saturated rings. The van der Waals surface area contributed by atoms with E-state index >= 15 is 0 Å². The van der Waals surface area contributed by atoms with E-state index in [0.29, 0.717) is 34.3 Å². The highest BCUT2D eigenvalue weighted by atomic mass is 35.5. The molecule has 1 N–H and O–H groups in total. The number of carboxylic acid groups (broad SMARTS) is 1. The number of halogens is 1. The van der Waals surface area contributed by atoms with Gasteiger partial charge in [0.1, 0.15) is 23.2 Å². The van der Waals surface area contributed by atoms with Gasteiger partial charge in [-0.15, -0.1) is 0 Å². The van der Waals surface area contributed by atoms with E-state index in [4.69, 9.17) is 21.1 Å². The number of benzene rings is 1. The Morgan fingerprint density at radius 1 is 1.42 bits per heavy atom. The lowest BCUT2D eigenvalue weighted by molar-refractivity contribution is 0.0694. The van der Waals surface area contributed by atoms with Crippen molar-refractivity contribution in [3.63, 3.8) is 0 Å². The number of unbranched alkanes of at least 4 members (excludes halogenated alkanes) is 1. The number of fused-ring (bicyclic) bond motifs is 3. The third kappa shape index (κ3) is 3.42. The summed E-state index contributed by atoms with van der Waals surface area (Å²) in [7, 11) is 1.52. The number of hydrogen-bond donors (Lipinski definition) is 1. The van der Waals surface area contributed by atoms with E-state index < -0.39 is 11.4 Å². The minimum absolute atomic E-state index is 0.148. The number of aromatic carboxylic acids is 1. The number of rotatable bonds is 5. The molecule has 6 nitrogen and oxygen atoms in total. The molecule has 1 atom stereocenters. The maximum atomic E-state index is 12.2. The molecule has 0 spiro atoms. The van der Waals surface area contributed by atoms with E-state index in [1.165, 1.54) is 19.4 Å². The molecule has 3 rings (SSSR count). The molecule has 1 aromatic carbocycles. The topological polar surface area (TPSA) is 77.8 Å². The third-order valence-corrected chi connectivity index (χ3v) is 4.76. The lowest BCUT2D eigenvalue weighted by Crippen LogP contribution is -2.24. The zero-order chi connectivity index (χ0) is 18.8. The zero-order valence-electron chi connectivity index (χ0n) is 14.6. The summed E-state index contributed by atoms with van der Waals surface area (Å²) in [6.45, 7) is 2.55. The Labute approximate surface area is 155 Å². The maximum absolute atomic E-state index is 12.2. The number of nitrogens with zero attached hydrogens (tertiary/aromatic N) is 1. The molecule has 1 aliphatic rings. The minimum Gasteiger partial charge on any atom is -0.495 e. The molecule has 1 unspecified atom stereocenters. The Kier molecular flexibility index (Phi) is 5.23. The highest BCUT2D eigenvalue weighted by Gasteiger charge is 2.25. The smallest absolute Gasteiger partial charge is 0.341 e. The van der Waals surface area contributed by atoms with Crippen molar-refractivity contribution in [1.29, 1.82) is 0 Å². The zero-order valence-corrected chi connectivity index (χ0v) is 15.4. The molecule has 138 valence electrons. The van der Waals surface area contributed by atoms with Crippen molar-refractivity contribution in [2.45, 2.75) is 38.8 Å². The van der Waals surface area contributed by atoms with Crippen molar-refractivity contribution in [3.8, 4) is 22.8 Å². The Morgan fingerprint density at radius 2 is 2.19 bits per heavy atom. The van der Waals surface area contributed by atoms with Crippen LogP contribution >= 0.6 is 11.6 Å². The molecule has 26 heavy (non-hydrogen) atoms. The van der Waals surface area contributed by atoms with Crippen molar-refractivity contribution in [2.75, 3.05) is 7.11 Å². The summed E-state index contributed by atoms with van der Waals surface area (Å²) in [5.74, 6) is -0.188. The monoisotopic (exact) mass is 377 g/mol. The highest BCUT2D eigenvalue weighted by molar-refractivity contribution is 6.32. The molecule has 2 aromatic rings. The van der Waals surface area contributed by atoms with Gasteiger partial charge in [0.05, 0.1) is 24.4 Å². The van der Waals surface area contributed by atoms with Crippen LogP contribution in [0.25, 0.3) is 11.3 Å². The fourth-order valence-corrected chi connectivity index (χ4v) is 3.37. The fourth-order valence-electron chi connectivity index (χ4n) is 3.13. The molecule has 1 aromatic heterocycles. The average molecular weight is 378 g/mol. The first-order valence-electron chi connectivity index (χ1n) is 8.47. The van der Waals surface area contributed by atoms with E-state index in [0.717, 1.165) is 19.3 Å². The van der Waals surface area contributed by atoms with Crippen molar-refractivity contribution < 1.29 is 19.4 Å². The lowest BCUT2D eigenvalue weighted by Gasteiger charge is -2.18. The summed E-state index contributed by atoms with van der Waals surface area (Å²) in [6, 6.07) is 4.72. The predicted octanol–water partition coefficient (Wildman–Crippen LogP) is 3.83. The standard InChI is InChI=1S/C19H20ClNO5/c1-3-4-5-11-9-21-10-13(19(23)24)16(22)7-15(21)12-6-14(20)18(25-2)8-17(12)26-11/h6-8,10-11H,3-5,9H2,1-2H3,(H,23,24). The molecule has 0 bridgehead atoms. The van der Waals surface area contributed by atoms with Gasteiger partial charge in [-0.2, -0.15) is 0 Å². The van der Waals surface area contributed by atoms with Gasteiger partial charge in [0.25, 0.3) is 0 Å². The van der Waals surface area contributed by atoms with Crippen LogP contribution in [0, 0.1) is 0 Å². The number of pyridine rings is 1. The van der Waals surface area contributed by atoms with Gasteiger partial charge in [0.15, 0.2) is 5.43 Å². The van der Waals surface area contributed by atoms with E-state index in [1.807, 2.05) is 0 Å². The van der Waals surface area contributed by atoms with Crippen LogP contribution in [0.1, 0.15) is 36.5 Å². The van der Waals surface area contributed by atoms with Gasteiger partial charge in [0, 0.05) is 23.9 Å². The van der Waals surface area contributed by atoms with Crippen LogP contribution in [0.15, 0.2) is 29.2 Å². The third-order valence-electron chi connectivity index (χ3n) is 4.46. The number of carboxylic acids is 1. The van der Waals surface area contributed by atoms with Gasteiger partial charge in [-0.25, -0.2) is 4.79 Å². The number of ether oxygens (including phenoxy) is 2. The van der Waals surface area contributed by atoms with Crippen LogP contribution in [-0.4, -0.2) is 28.9 Å². The molecule has 0 aliphatic carbocycles. The summed E-state index contributed by atoms with van der Waals surface area (Å²) in [5, 5.41) is 9.66. The Balaban J connectivity index is 2.21. The lowest BCUT2D eigenvalue weighted by atomic mass is 10.1. The molecule has 2 heterocycles. The van der Waals surface area contributed by atoms with Crippen LogP contribution in [0.5, 0.6) is 11.5 Å². The number of aromatic nitrogens is 1. The molecule has 0 radical (unpaired) electrons. The van der Waals surface area contributed by atoms with Gasteiger partial charge < -0.3 is 19.1 Å².